The van der Waals surface area contributed by atoms with Gasteiger partial charge in [0, 0.05) is 60.4 Å². The number of oxime groups is 1. The molecule has 2 aliphatic heterocycles. The van der Waals surface area contributed by atoms with Gasteiger partial charge in [-0.2, -0.15) is 0 Å². The van der Waals surface area contributed by atoms with Crippen molar-refractivity contribution in [2.75, 3.05) is 39.0 Å². The molecule has 372 valence electrons. The Morgan fingerprint density at radius 3 is 2.40 bits per heavy atom. The summed E-state index contributed by atoms with van der Waals surface area (Å²) in [5.41, 5.74) is 2.29. The highest BCUT2D eigenvalue weighted by Crippen LogP contribution is 2.62. The first-order valence-corrected chi connectivity index (χ1v) is 25.1. The molecule has 16 heteroatoms. The molecule has 1 amide bonds. The molecule has 1 fully saturated rings. The number of allylic oxidation sites excluding steroid dienone is 1. The number of hydrogen-bond acceptors (Lipinski definition) is 14. The fourth-order valence-corrected chi connectivity index (χ4v) is 10.9. The number of nitrogens with zero attached hydrogens (tertiary/aromatic N) is 3. The Bertz CT molecular complexity index is 2510. The first kappa shape index (κ1) is 50.3. The topological polar surface area (TPSA) is 181 Å². The van der Waals surface area contributed by atoms with E-state index in [0.717, 1.165) is 47.5 Å². The third-order valence-electron chi connectivity index (χ3n) is 13.1. The predicted molar refractivity (Wildman–Crippen MR) is 266 cm³/mol. The number of unbranched alkanes of at least 4 members (excludes halogenated alkanes) is 2. The van der Waals surface area contributed by atoms with E-state index in [0.29, 0.717) is 53.7 Å². The lowest BCUT2D eigenvalue weighted by atomic mass is 9.55. The van der Waals surface area contributed by atoms with Crippen LogP contribution in [-0.2, 0) is 16.1 Å². The summed E-state index contributed by atoms with van der Waals surface area (Å²) in [4.78, 5) is 35.3. The molecule has 4 aromatic rings. The van der Waals surface area contributed by atoms with Crippen LogP contribution in [0.15, 0.2) is 125 Å². The van der Waals surface area contributed by atoms with Crippen LogP contribution in [-0.4, -0.2) is 88.2 Å². The lowest BCUT2D eigenvalue weighted by molar-refractivity contribution is -0.384. The number of aliphatic hydroxyl groups is 2. The first-order valence-electron chi connectivity index (χ1n) is 24.1. The molecule has 0 aromatic heterocycles. The first-order chi connectivity index (χ1) is 33.9. The van der Waals surface area contributed by atoms with Gasteiger partial charge in [-0.05, 0) is 124 Å². The van der Waals surface area contributed by atoms with Crippen molar-refractivity contribution in [2.24, 2.45) is 22.9 Å². The van der Waals surface area contributed by atoms with Crippen LogP contribution >= 0.6 is 11.8 Å². The number of carbonyl (C=O) groups is 1. The second kappa shape index (κ2) is 22.8. The van der Waals surface area contributed by atoms with E-state index in [1.54, 1.807) is 28.8 Å². The number of nitro groups is 1. The van der Waals surface area contributed by atoms with Gasteiger partial charge in [-0.3, -0.25) is 15.0 Å². The van der Waals surface area contributed by atoms with Gasteiger partial charge in [0.05, 0.1) is 29.8 Å². The zero-order chi connectivity index (χ0) is 49.3. The molecule has 4 aliphatic rings. The van der Waals surface area contributed by atoms with Gasteiger partial charge in [-0.1, -0.05) is 54.4 Å². The summed E-state index contributed by atoms with van der Waals surface area (Å²) in [6.07, 6.45) is 7.64. The van der Waals surface area contributed by atoms with Crippen molar-refractivity contribution in [2.45, 2.75) is 101 Å². The number of carbonyl (C=O) groups excluding carboxylic acids is 1. The largest absolute Gasteiger partial charge is 0.493 e. The standard InChI is InChI=1S/C54H63N3O12S/c1-5-27-66-54-49(56(34-36-17-23-47-48(30-36)65-35-64-47)52(60)67-39-20-18-38(19-21-39)57(61)62)33-45(55-69-53(2,3)4)43-31-37(13-9-11-25-58)42(16-10-12-26-59)50(51(43)54)44-32-40(22-24-46(44)68-54)63-28-29-70-41-14-7-6-8-15-41/h5-8,14-15,17-24,30-32,37,42,49-51,58-59H,1,9-13,16,25-29,33-35H2,2-4H3. The number of non-ortho nitro benzene ring substituents is 1. The van der Waals surface area contributed by atoms with E-state index in [9.17, 15) is 20.3 Å². The summed E-state index contributed by atoms with van der Waals surface area (Å²) in [5, 5.41) is 36.6. The summed E-state index contributed by atoms with van der Waals surface area (Å²) < 4.78 is 38.7. The molecule has 1 saturated carbocycles. The van der Waals surface area contributed by atoms with Gasteiger partial charge in [-0.25, -0.2) is 4.79 Å². The van der Waals surface area contributed by atoms with Crippen molar-refractivity contribution >= 4 is 29.3 Å². The van der Waals surface area contributed by atoms with E-state index in [1.807, 2.05) is 63.2 Å². The summed E-state index contributed by atoms with van der Waals surface area (Å²) >= 11 is 1.72. The number of amides is 1. The van der Waals surface area contributed by atoms with Gasteiger partial charge in [0.1, 0.15) is 28.9 Å². The van der Waals surface area contributed by atoms with Crippen LogP contribution in [0.3, 0.4) is 0 Å². The highest BCUT2D eigenvalue weighted by Gasteiger charge is 2.66. The van der Waals surface area contributed by atoms with E-state index < -0.39 is 34.4 Å². The van der Waals surface area contributed by atoms with Crippen LogP contribution in [0.5, 0.6) is 28.7 Å². The van der Waals surface area contributed by atoms with Gasteiger partial charge in [-0.15, -0.1) is 18.3 Å². The van der Waals surface area contributed by atoms with Gasteiger partial charge < -0.3 is 43.5 Å². The van der Waals surface area contributed by atoms with E-state index in [4.69, 9.17) is 38.4 Å². The van der Waals surface area contributed by atoms with Crippen LogP contribution in [0, 0.1) is 27.9 Å². The fourth-order valence-electron chi connectivity index (χ4n) is 10.1. The number of thioether (sulfide) groups is 1. The highest BCUT2D eigenvalue weighted by atomic mass is 32.2. The Morgan fingerprint density at radius 1 is 0.943 bits per heavy atom. The average Bonchev–Trinajstić information content (AvgIpc) is 3.83. The van der Waals surface area contributed by atoms with Crippen molar-refractivity contribution in [3.63, 3.8) is 0 Å². The van der Waals surface area contributed by atoms with Crippen molar-refractivity contribution in [1.82, 2.24) is 4.90 Å². The average molecular weight is 978 g/mol. The summed E-state index contributed by atoms with van der Waals surface area (Å²) in [6, 6.07) is 26.0. The second-order valence-electron chi connectivity index (χ2n) is 18.9. The maximum absolute atomic E-state index is 15.2. The molecule has 2 heterocycles. The molecule has 8 rings (SSSR count). The maximum atomic E-state index is 15.2. The summed E-state index contributed by atoms with van der Waals surface area (Å²) in [6.45, 7) is 10.5. The van der Waals surface area contributed by atoms with Gasteiger partial charge in [0.25, 0.3) is 5.69 Å². The van der Waals surface area contributed by atoms with E-state index in [-0.39, 0.29) is 68.8 Å². The van der Waals surface area contributed by atoms with Crippen molar-refractivity contribution in [3.8, 4) is 28.7 Å². The lowest BCUT2D eigenvalue weighted by Crippen LogP contribution is -2.70. The normalized spacial score (nSPS) is 22.5. The zero-order valence-corrected chi connectivity index (χ0v) is 40.9. The molecule has 4 aromatic carbocycles. The molecule has 70 heavy (non-hydrogen) atoms. The Morgan fingerprint density at radius 2 is 1.67 bits per heavy atom. The van der Waals surface area contributed by atoms with E-state index in [1.165, 1.54) is 24.3 Å². The smallest absolute Gasteiger partial charge is 0.416 e. The number of fused-ring (bicyclic) bond motifs is 3. The highest BCUT2D eigenvalue weighted by molar-refractivity contribution is 7.99. The second-order valence-corrected chi connectivity index (χ2v) is 20.1. The minimum atomic E-state index is -1.59. The molecular weight excluding hydrogens is 915 g/mol. The number of nitro benzene ring substituents is 1. The van der Waals surface area contributed by atoms with Crippen LogP contribution in [0.2, 0.25) is 0 Å². The van der Waals surface area contributed by atoms with Crippen molar-refractivity contribution in [3.05, 3.63) is 137 Å². The Labute approximate surface area is 413 Å². The Hall–Kier alpha value is -6.07. The minimum absolute atomic E-state index is 0.0101. The summed E-state index contributed by atoms with van der Waals surface area (Å²) in [7, 11) is 0. The summed E-state index contributed by atoms with van der Waals surface area (Å²) in [5.74, 6) is 0.708. The van der Waals surface area contributed by atoms with Crippen LogP contribution < -0.4 is 23.7 Å². The Kier molecular flexibility index (Phi) is 16.4. The SMILES string of the molecule is C=CCOC12Oc3ccc(OCCSc4ccccc4)cc3C3C(CCCCO)C(CCCCO)C=C(C(=NOC(C)(C)C)CC1N(Cc1ccc4c(c1)OCO4)C(=O)Oc1ccc([N+](=O)[O-])cc1)C32. The molecule has 6 unspecified atom stereocenters. The third kappa shape index (κ3) is 11.6. The number of benzene rings is 4. The minimum Gasteiger partial charge on any atom is -0.493 e. The molecular formula is C54H63N3O12S. The van der Waals surface area contributed by atoms with Crippen LogP contribution in [0.4, 0.5) is 10.5 Å². The molecule has 2 aliphatic carbocycles. The van der Waals surface area contributed by atoms with E-state index in [2.05, 4.69) is 30.9 Å². The van der Waals surface area contributed by atoms with Crippen LogP contribution in [0.1, 0.15) is 82.8 Å². The monoisotopic (exact) mass is 977 g/mol. The van der Waals surface area contributed by atoms with Crippen LogP contribution in [0.25, 0.3) is 0 Å². The number of rotatable bonds is 22. The molecule has 0 spiro atoms. The zero-order valence-electron chi connectivity index (χ0n) is 40.0. The van der Waals surface area contributed by atoms with Gasteiger partial charge in [0.2, 0.25) is 12.6 Å². The Balaban J connectivity index is 1.30. The maximum Gasteiger partial charge on any atom is 0.416 e. The molecule has 0 saturated heterocycles. The number of ether oxygens (including phenoxy) is 6. The van der Waals surface area contributed by atoms with E-state index >= 15 is 4.79 Å². The fraction of sp³-hybridized carbons (Fsp3) is 0.444. The molecule has 15 nitrogen and oxygen atoms in total. The van der Waals surface area contributed by atoms with Gasteiger partial charge >= 0.3 is 6.09 Å². The number of aliphatic hydroxyl groups excluding tert-OH is 2. The lowest BCUT2D eigenvalue weighted by Gasteiger charge is -2.60. The number of hydrogen-bond donors (Lipinski definition) is 2. The third-order valence-corrected chi connectivity index (χ3v) is 14.1. The quantitative estimate of drug-likeness (QED) is 0.0250. The van der Waals surface area contributed by atoms with Gasteiger partial charge in [0.15, 0.2) is 11.5 Å². The molecule has 2 N–H and O–H groups in total. The van der Waals surface area contributed by atoms with Crippen molar-refractivity contribution < 1.29 is 53.2 Å². The molecule has 0 bridgehead atoms. The van der Waals surface area contributed by atoms with Crippen molar-refractivity contribution in [1.29, 1.82) is 0 Å². The molecule has 6 atom stereocenters. The molecule has 0 radical (unpaired) electrons. The predicted octanol–water partition coefficient (Wildman–Crippen LogP) is 10.6.